The van der Waals surface area contributed by atoms with E-state index in [9.17, 15) is 13.9 Å². The Morgan fingerprint density at radius 3 is 2.96 bits per heavy atom. The van der Waals surface area contributed by atoms with Crippen LogP contribution in [0.4, 0.5) is 8.78 Å². The largest absolute Gasteiger partial charge is 0.387 e. The monoisotopic (exact) mass is 322 g/mol. The molecule has 1 aliphatic rings. The third-order valence-electron chi connectivity index (χ3n) is 4.27. The van der Waals surface area contributed by atoms with Gasteiger partial charge in [-0.05, 0) is 31.4 Å². The van der Waals surface area contributed by atoms with E-state index in [4.69, 9.17) is 0 Å². The Kier molecular flexibility index (Phi) is 4.97. The minimum Gasteiger partial charge on any atom is -0.387 e. The lowest BCUT2D eigenvalue weighted by molar-refractivity contribution is 0.0779. The molecule has 0 unspecified atom stereocenters. The second kappa shape index (κ2) is 7.14. The van der Waals surface area contributed by atoms with E-state index in [0.29, 0.717) is 12.5 Å². The number of hydrogen-bond acceptors (Lipinski definition) is 4. The van der Waals surface area contributed by atoms with Gasteiger partial charge in [0.15, 0.2) is 0 Å². The molecule has 2 atom stereocenters. The topological polar surface area (TPSA) is 54.2 Å². The first kappa shape index (κ1) is 16.0. The van der Waals surface area contributed by atoms with E-state index in [1.165, 1.54) is 18.5 Å². The Balaban J connectivity index is 1.58. The Labute approximate surface area is 133 Å². The molecule has 7 heteroatoms. The summed E-state index contributed by atoms with van der Waals surface area (Å²) < 4.78 is 28.5. The quantitative estimate of drug-likeness (QED) is 0.915. The predicted octanol–water partition coefficient (Wildman–Crippen LogP) is 2.00. The number of aliphatic hydroxyl groups excluding tert-OH is 1. The van der Waals surface area contributed by atoms with Crippen LogP contribution in [-0.2, 0) is 6.54 Å². The first-order valence-electron chi connectivity index (χ1n) is 7.79. The smallest absolute Gasteiger partial charge is 0.137 e. The molecule has 0 amide bonds. The molecule has 0 spiro atoms. The van der Waals surface area contributed by atoms with Gasteiger partial charge in [0, 0.05) is 31.3 Å². The highest BCUT2D eigenvalue weighted by Gasteiger charge is 2.24. The van der Waals surface area contributed by atoms with E-state index in [-0.39, 0.29) is 5.56 Å². The summed E-state index contributed by atoms with van der Waals surface area (Å²) in [7, 11) is 0. The number of aromatic nitrogens is 3. The highest BCUT2D eigenvalue weighted by molar-refractivity contribution is 5.21. The molecule has 23 heavy (non-hydrogen) atoms. The summed E-state index contributed by atoms with van der Waals surface area (Å²) >= 11 is 0. The summed E-state index contributed by atoms with van der Waals surface area (Å²) in [5.41, 5.74) is 0.143. The van der Waals surface area contributed by atoms with E-state index >= 15 is 0 Å². The fourth-order valence-corrected chi connectivity index (χ4v) is 3.17. The molecule has 0 bridgehead atoms. The van der Waals surface area contributed by atoms with Crippen LogP contribution >= 0.6 is 0 Å². The Hall–Kier alpha value is -1.86. The van der Waals surface area contributed by atoms with Gasteiger partial charge >= 0.3 is 0 Å². The average molecular weight is 322 g/mol. The summed E-state index contributed by atoms with van der Waals surface area (Å²) in [6.07, 6.45) is 4.37. The minimum absolute atomic E-state index is 0.143. The van der Waals surface area contributed by atoms with Gasteiger partial charge in [-0.3, -0.25) is 4.68 Å². The van der Waals surface area contributed by atoms with Crippen LogP contribution in [0, 0.1) is 17.6 Å². The van der Waals surface area contributed by atoms with Crippen LogP contribution in [0.1, 0.15) is 24.5 Å². The maximum Gasteiger partial charge on any atom is 0.137 e. The number of nitrogens with zero attached hydrogens (tertiary/aromatic N) is 4. The van der Waals surface area contributed by atoms with Gasteiger partial charge in [0.1, 0.15) is 24.3 Å². The van der Waals surface area contributed by atoms with E-state index in [0.717, 1.165) is 38.5 Å². The molecule has 2 aromatic rings. The molecule has 124 valence electrons. The average Bonchev–Trinajstić information content (AvgIpc) is 3.00. The summed E-state index contributed by atoms with van der Waals surface area (Å²) in [6, 6.07) is 3.29. The van der Waals surface area contributed by atoms with Gasteiger partial charge in [-0.1, -0.05) is 6.07 Å². The molecule has 2 heterocycles. The summed E-state index contributed by atoms with van der Waals surface area (Å²) in [5, 5.41) is 14.4. The first-order chi connectivity index (χ1) is 11.1. The van der Waals surface area contributed by atoms with Gasteiger partial charge in [-0.25, -0.2) is 13.8 Å². The number of aliphatic hydroxyl groups is 1. The van der Waals surface area contributed by atoms with Gasteiger partial charge in [-0.15, -0.1) is 0 Å². The normalized spacial score (nSPS) is 20.6. The first-order valence-corrected chi connectivity index (χ1v) is 7.79. The third kappa shape index (κ3) is 4.11. The van der Waals surface area contributed by atoms with E-state index < -0.39 is 17.7 Å². The molecule has 1 aromatic heterocycles. The van der Waals surface area contributed by atoms with Crippen molar-refractivity contribution < 1.29 is 13.9 Å². The minimum atomic E-state index is -0.958. The fraction of sp³-hybridized carbons (Fsp3) is 0.500. The fourth-order valence-electron chi connectivity index (χ4n) is 3.17. The van der Waals surface area contributed by atoms with Crippen molar-refractivity contribution in [1.29, 1.82) is 0 Å². The van der Waals surface area contributed by atoms with E-state index in [1.54, 1.807) is 6.33 Å². The predicted molar refractivity (Wildman–Crippen MR) is 80.5 cm³/mol. The summed E-state index contributed by atoms with van der Waals surface area (Å²) in [6.45, 7) is 2.82. The van der Waals surface area contributed by atoms with Crippen molar-refractivity contribution in [2.45, 2.75) is 25.5 Å². The van der Waals surface area contributed by atoms with Crippen molar-refractivity contribution in [3.05, 3.63) is 48.1 Å². The van der Waals surface area contributed by atoms with Crippen molar-refractivity contribution in [2.24, 2.45) is 5.92 Å². The molecule has 0 aliphatic carbocycles. The zero-order valence-electron chi connectivity index (χ0n) is 12.8. The van der Waals surface area contributed by atoms with E-state index in [2.05, 4.69) is 15.0 Å². The van der Waals surface area contributed by atoms with Gasteiger partial charge in [0.2, 0.25) is 0 Å². The Bertz CT molecular complexity index is 635. The Morgan fingerprint density at radius 2 is 2.22 bits per heavy atom. The lowest BCUT2D eigenvalue weighted by Gasteiger charge is -2.33. The lowest BCUT2D eigenvalue weighted by atomic mass is 9.97. The zero-order valence-corrected chi connectivity index (χ0v) is 12.8. The molecular formula is C16H20F2N4O. The number of piperidine rings is 1. The number of β-amino-alcohol motifs (C(OH)–C–C–N with tert-alkyl or cyclic N) is 1. The van der Waals surface area contributed by atoms with Crippen molar-refractivity contribution in [3.63, 3.8) is 0 Å². The van der Waals surface area contributed by atoms with Crippen LogP contribution in [-0.4, -0.2) is 44.4 Å². The number of halogens is 2. The third-order valence-corrected chi connectivity index (χ3v) is 4.27. The number of likely N-dealkylation sites (tertiary alicyclic amines) is 1. The van der Waals surface area contributed by atoms with Crippen LogP contribution in [0.15, 0.2) is 30.9 Å². The molecule has 1 fully saturated rings. The van der Waals surface area contributed by atoms with Crippen LogP contribution in [0.2, 0.25) is 0 Å². The molecule has 1 aromatic carbocycles. The summed E-state index contributed by atoms with van der Waals surface area (Å²) in [4.78, 5) is 6.06. The van der Waals surface area contributed by atoms with Crippen LogP contribution < -0.4 is 0 Å². The van der Waals surface area contributed by atoms with Gasteiger partial charge in [0.05, 0.1) is 6.10 Å². The standard InChI is InChI=1S/C16H20F2N4O/c17-13-3-4-14(15(18)6-13)16(23)9-21-5-1-2-12(7-21)8-22-11-19-10-20-22/h3-4,6,10-12,16,23H,1-2,5,7-9H2/t12-,16+/m1/s1. The molecule has 1 saturated heterocycles. The zero-order chi connectivity index (χ0) is 16.2. The van der Waals surface area contributed by atoms with Crippen molar-refractivity contribution in [3.8, 4) is 0 Å². The van der Waals surface area contributed by atoms with Crippen LogP contribution in [0.5, 0.6) is 0 Å². The maximum absolute atomic E-state index is 13.7. The second-order valence-corrected chi connectivity index (χ2v) is 6.07. The second-order valence-electron chi connectivity index (χ2n) is 6.07. The number of hydrogen-bond donors (Lipinski definition) is 1. The molecule has 0 saturated carbocycles. The van der Waals surface area contributed by atoms with E-state index in [1.807, 2.05) is 4.68 Å². The molecular weight excluding hydrogens is 302 g/mol. The Morgan fingerprint density at radius 1 is 1.35 bits per heavy atom. The van der Waals surface area contributed by atoms with Gasteiger partial charge in [-0.2, -0.15) is 5.10 Å². The molecule has 1 aliphatic heterocycles. The van der Waals surface area contributed by atoms with Gasteiger partial charge < -0.3 is 10.0 Å². The lowest BCUT2D eigenvalue weighted by Crippen LogP contribution is -2.39. The highest BCUT2D eigenvalue weighted by atomic mass is 19.1. The number of rotatable bonds is 5. The molecule has 3 rings (SSSR count). The highest BCUT2D eigenvalue weighted by Crippen LogP contribution is 2.23. The van der Waals surface area contributed by atoms with Crippen LogP contribution in [0.25, 0.3) is 0 Å². The molecule has 1 N–H and O–H groups in total. The maximum atomic E-state index is 13.7. The molecule has 5 nitrogen and oxygen atoms in total. The van der Waals surface area contributed by atoms with Crippen molar-refractivity contribution >= 4 is 0 Å². The van der Waals surface area contributed by atoms with Gasteiger partial charge in [0.25, 0.3) is 0 Å². The SMILES string of the molecule is O[C@@H](CN1CCC[C@@H](Cn2cncn2)C1)c1ccc(F)cc1F. The molecule has 0 radical (unpaired) electrons. The summed E-state index contributed by atoms with van der Waals surface area (Å²) in [5.74, 6) is -0.909. The van der Waals surface area contributed by atoms with Crippen molar-refractivity contribution in [1.82, 2.24) is 19.7 Å². The van der Waals surface area contributed by atoms with Crippen LogP contribution in [0.3, 0.4) is 0 Å². The van der Waals surface area contributed by atoms with Crippen molar-refractivity contribution in [2.75, 3.05) is 19.6 Å². The number of benzene rings is 1.